The molecule has 0 unspecified atom stereocenters. The van der Waals surface area contributed by atoms with E-state index in [4.69, 9.17) is 11.6 Å². The van der Waals surface area contributed by atoms with Crippen LogP contribution in [0.25, 0.3) is 0 Å². The lowest BCUT2D eigenvalue weighted by Gasteiger charge is -2.09. The summed E-state index contributed by atoms with van der Waals surface area (Å²) in [6.45, 7) is -1.72. The molecule has 1 aromatic carbocycles. The number of ether oxygens (including phenoxy) is 1. The van der Waals surface area contributed by atoms with Crippen molar-refractivity contribution in [3.8, 4) is 0 Å². The fraction of sp³-hybridized carbons (Fsp3) is 0.222. The first-order valence-corrected chi connectivity index (χ1v) is 4.61. The van der Waals surface area contributed by atoms with Crippen molar-refractivity contribution < 1.29 is 27.1 Å². The van der Waals surface area contributed by atoms with Crippen LogP contribution in [-0.4, -0.2) is 18.9 Å². The van der Waals surface area contributed by atoms with Crippen LogP contribution in [0.4, 0.5) is 28.0 Å². The van der Waals surface area contributed by atoms with Crippen LogP contribution >= 0.6 is 11.6 Å². The van der Waals surface area contributed by atoms with Gasteiger partial charge >= 0.3 is 12.3 Å². The van der Waals surface area contributed by atoms with Gasteiger partial charge in [0.25, 0.3) is 0 Å². The summed E-state index contributed by atoms with van der Waals surface area (Å²) in [5, 5.41) is 1.91. The van der Waals surface area contributed by atoms with Gasteiger partial charge in [-0.25, -0.2) is 9.18 Å². The van der Waals surface area contributed by atoms with Gasteiger partial charge in [0.2, 0.25) is 0 Å². The lowest BCUT2D eigenvalue weighted by atomic mass is 10.3. The van der Waals surface area contributed by atoms with Gasteiger partial charge in [-0.05, 0) is 18.2 Å². The van der Waals surface area contributed by atoms with Crippen LogP contribution in [0.15, 0.2) is 18.2 Å². The minimum atomic E-state index is -4.61. The maximum atomic E-state index is 12.8. The zero-order chi connectivity index (χ0) is 13.1. The first-order valence-electron chi connectivity index (χ1n) is 4.23. The first-order chi connectivity index (χ1) is 7.76. The smallest absolute Gasteiger partial charge is 0.422 e. The van der Waals surface area contributed by atoms with Crippen LogP contribution in [0.1, 0.15) is 0 Å². The number of benzene rings is 1. The van der Waals surface area contributed by atoms with Crippen molar-refractivity contribution in [1.82, 2.24) is 0 Å². The Balaban J connectivity index is 2.56. The molecule has 3 nitrogen and oxygen atoms in total. The molecule has 0 aliphatic heterocycles. The number of alkyl halides is 3. The molecule has 0 saturated carbocycles. The number of carbonyl (C=O) groups excluding carboxylic acids is 1. The van der Waals surface area contributed by atoms with Crippen LogP contribution in [-0.2, 0) is 4.74 Å². The third-order valence-corrected chi connectivity index (χ3v) is 1.69. The van der Waals surface area contributed by atoms with Crippen LogP contribution < -0.4 is 5.32 Å². The van der Waals surface area contributed by atoms with Crippen LogP contribution in [0, 0.1) is 5.82 Å². The van der Waals surface area contributed by atoms with Gasteiger partial charge in [0, 0.05) is 10.7 Å². The van der Waals surface area contributed by atoms with E-state index in [0.717, 1.165) is 12.1 Å². The average molecular weight is 272 g/mol. The second-order valence-corrected chi connectivity index (χ2v) is 3.41. The predicted molar refractivity (Wildman–Crippen MR) is 52.4 cm³/mol. The van der Waals surface area contributed by atoms with Crippen molar-refractivity contribution in [2.75, 3.05) is 11.9 Å². The predicted octanol–water partition coefficient (Wildman–Crippen LogP) is 3.59. The number of hydrogen-bond acceptors (Lipinski definition) is 2. The largest absolute Gasteiger partial charge is 0.440 e. The highest BCUT2D eigenvalue weighted by Crippen LogP contribution is 2.19. The highest BCUT2D eigenvalue weighted by molar-refractivity contribution is 6.30. The minimum absolute atomic E-state index is 0.00359. The fourth-order valence-electron chi connectivity index (χ4n) is 0.927. The van der Waals surface area contributed by atoms with E-state index in [2.05, 4.69) is 4.74 Å². The molecule has 8 heteroatoms. The van der Waals surface area contributed by atoms with Gasteiger partial charge < -0.3 is 4.74 Å². The van der Waals surface area contributed by atoms with E-state index < -0.39 is 24.7 Å². The van der Waals surface area contributed by atoms with Gasteiger partial charge in [0.1, 0.15) is 5.82 Å². The number of amides is 1. The lowest BCUT2D eigenvalue weighted by molar-refractivity contribution is -0.159. The Labute approximate surface area is 98.3 Å². The third kappa shape index (κ3) is 5.39. The summed E-state index contributed by atoms with van der Waals surface area (Å²) in [7, 11) is 0. The SMILES string of the molecule is O=C(Nc1cc(F)cc(Cl)c1)OCC(F)(F)F. The van der Waals surface area contributed by atoms with E-state index in [-0.39, 0.29) is 10.7 Å². The summed E-state index contributed by atoms with van der Waals surface area (Å²) in [6, 6.07) is 3.04. The molecule has 0 fully saturated rings. The molecule has 17 heavy (non-hydrogen) atoms. The lowest BCUT2D eigenvalue weighted by Crippen LogP contribution is -2.23. The highest BCUT2D eigenvalue weighted by Gasteiger charge is 2.29. The average Bonchev–Trinajstić information content (AvgIpc) is 2.11. The molecule has 94 valence electrons. The zero-order valence-electron chi connectivity index (χ0n) is 8.15. The van der Waals surface area contributed by atoms with Crippen LogP contribution in [0.5, 0.6) is 0 Å². The molecule has 0 heterocycles. The molecule has 0 aliphatic carbocycles. The number of anilines is 1. The molecule has 0 aromatic heterocycles. The Kier molecular flexibility index (Phi) is 4.17. The summed E-state index contributed by atoms with van der Waals surface area (Å²) in [6.07, 6.45) is -5.96. The number of carbonyl (C=O) groups is 1. The summed E-state index contributed by atoms with van der Waals surface area (Å²) in [5.41, 5.74) is -0.0952. The summed E-state index contributed by atoms with van der Waals surface area (Å²) in [4.78, 5) is 10.9. The van der Waals surface area contributed by atoms with Gasteiger partial charge in [-0.2, -0.15) is 13.2 Å². The highest BCUT2D eigenvalue weighted by atomic mass is 35.5. The van der Waals surface area contributed by atoms with Crippen LogP contribution in [0.3, 0.4) is 0 Å². The molecular weight excluding hydrogens is 266 g/mol. The van der Waals surface area contributed by atoms with Crippen molar-refractivity contribution in [1.29, 1.82) is 0 Å². The van der Waals surface area contributed by atoms with Gasteiger partial charge in [0.15, 0.2) is 6.61 Å². The Bertz CT molecular complexity index is 402. The Hall–Kier alpha value is -1.50. The van der Waals surface area contributed by atoms with Crippen molar-refractivity contribution in [3.63, 3.8) is 0 Å². The van der Waals surface area contributed by atoms with E-state index in [0.29, 0.717) is 0 Å². The van der Waals surface area contributed by atoms with Gasteiger partial charge in [-0.15, -0.1) is 0 Å². The van der Waals surface area contributed by atoms with Gasteiger partial charge in [-0.1, -0.05) is 11.6 Å². The topological polar surface area (TPSA) is 38.3 Å². The van der Waals surface area contributed by atoms with Crippen molar-refractivity contribution in [2.45, 2.75) is 6.18 Å². The molecule has 1 N–H and O–H groups in total. The standard InChI is InChI=1S/C9H6ClF4NO2/c10-5-1-6(11)3-7(2-5)15-8(16)17-4-9(12,13)14/h1-3H,4H2,(H,15,16). The molecule has 0 saturated heterocycles. The van der Waals surface area contributed by atoms with Crippen molar-refractivity contribution in [3.05, 3.63) is 29.0 Å². The molecule has 0 aliphatic rings. The van der Waals surface area contributed by atoms with E-state index in [1.165, 1.54) is 6.07 Å². The van der Waals surface area contributed by atoms with E-state index in [1.807, 2.05) is 5.32 Å². The fourth-order valence-corrected chi connectivity index (χ4v) is 1.15. The molecule has 1 aromatic rings. The Morgan fingerprint density at radius 2 is 2.00 bits per heavy atom. The summed E-state index contributed by atoms with van der Waals surface area (Å²) >= 11 is 5.47. The maximum Gasteiger partial charge on any atom is 0.422 e. The number of nitrogens with one attached hydrogen (secondary N) is 1. The molecule has 0 bridgehead atoms. The second kappa shape index (κ2) is 5.22. The minimum Gasteiger partial charge on any atom is -0.440 e. The normalized spacial score (nSPS) is 11.1. The third-order valence-electron chi connectivity index (χ3n) is 1.48. The number of rotatable bonds is 2. The summed E-state index contributed by atoms with van der Waals surface area (Å²) in [5.74, 6) is -0.733. The first kappa shape index (κ1) is 13.6. The van der Waals surface area contributed by atoms with Gasteiger partial charge in [0.05, 0.1) is 0 Å². The number of halogens is 5. The van der Waals surface area contributed by atoms with Crippen molar-refractivity contribution >= 4 is 23.4 Å². The maximum absolute atomic E-state index is 12.8. The molecule has 1 amide bonds. The van der Waals surface area contributed by atoms with Crippen molar-refractivity contribution in [2.24, 2.45) is 0 Å². The van der Waals surface area contributed by atoms with Gasteiger partial charge in [-0.3, -0.25) is 5.32 Å². The second-order valence-electron chi connectivity index (χ2n) is 2.97. The number of hydrogen-bond donors (Lipinski definition) is 1. The van der Waals surface area contributed by atoms with E-state index in [9.17, 15) is 22.4 Å². The molecule has 0 radical (unpaired) electrons. The zero-order valence-corrected chi connectivity index (χ0v) is 8.90. The monoisotopic (exact) mass is 271 g/mol. The Morgan fingerprint density at radius 3 is 2.53 bits per heavy atom. The van der Waals surface area contributed by atoms with E-state index in [1.54, 1.807) is 0 Å². The van der Waals surface area contributed by atoms with E-state index >= 15 is 0 Å². The Morgan fingerprint density at radius 1 is 1.35 bits per heavy atom. The molecule has 1 rings (SSSR count). The molecule has 0 atom stereocenters. The summed E-state index contributed by atoms with van der Waals surface area (Å²) < 4.78 is 51.7. The molecular formula is C9H6ClF4NO2. The van der Waals surface area contributed by atoms with Crippen LogP contribution in [0.2, 0.25) is 5.02 Å². The quantitative estimate of drug-likeness (QED) is 0.835. The molecule has 0 spiro atoms.